The summed E-state index contributed by atoms with van der Waals surface area (Å²) in [6, 6.07) is 26.4. The summed E-state index contributed by atoms with van der Waals surface area (Å²) in [6.45, 7) is 5.79. The summed E-state index contributed by atoms with van der Waals surface area (Å²) >= 11 is 0. The lowest BCUT2D eigenvalue weighted by molar-refractivity contribution is 0.0720. The van der Waals surface area contributed by atoms with E-state index in [9.17, 15) is 9.59 Å². The first-order valence-corrected chi connectivity index (χ1v) is 23.5. The van der Waals surface area contributed by atoms with Gasteiger partial charge in [0.15, 0.2) is 28.8 Å². The third kappa shape index (κ3) is 17.7. The van der Waals surface area contributed by atoms with Gasteiger partial charge in [0, 0.05) is 6.07 Å². The maximum atomic E-state index is 13.0. The van der Waals surface area contributed by atoms with Gasteiger partial charge in [0.05, 0.1) is 38.6 Å². The second-order valence-corrected chi connectivity index (χ2v) is 16.1. The molecule has 10 heteroatoms. The Morgan fingerprint density at radius 2 is 0.892 bits per heavy atom. The fourth-order valence-corrected chi connectivity index (χ4v) is 7.11. The second-order valence-electron chi connectivity index (χ2n) is 16.1. The van der Waals surface area contributed by atoms with Crippen molar-refractivity contribution in [3.63, 3.8) is 0 Å². The molecule has 1 heterocycles. The highest BCUT2D eigenvalue weighted by molar-refractivity contribution is 5.92. The molecule has 5 rings (SSSR count). The van der Waals surface area contributed by atoms with Crippen LogP contribution in [0.4, 0.5) is 0 Å². The molecule has 0 saturated heterocycles. The molecule has 346 valence electrons. The smallest absolute Gasteiger partial charge is 0.343 e. The lowest BCUT2D eigenvalue weighted by Gasteiger charge is -2.11. The third-order valence-corrected chi connectivity index (χ3v) is 10.9. The molecule has 0 aliphatic rings. The summed E-state index contributed by atoms with van der Waals surface area (Å²) in [6.07, 6.45) is 27.2. The predicted octanol–water partition coefficient (Wildman–Crippen LogP) is 14.5. The zero-order valence-electron chi connectivity index (χ0n) is 38.8. The van der Waals surface area contributed by atoms with Crippen LogP contribution in [-0.4, -0.2) is 44.5 Å². The Morgan fingerprint density at radius 3 is 1.32 bits per heavy atom. The van der Waals surface area contributed by atoms with Crippen LogP contribution in [0.1, 0.15) is 160 Å². The van der Waals surface area contributed by atoms with Crippen LogP contribution < -0.4 is 28.4 Å². The highest BCUT2D eigenvalue weighted by Crippen LogP contribution is 2.31. The molecule has 0 bridgehead atoms. The van der Waals surface area contributed by atoms with Gasteiger partial charge in [-0.2, -0.15) is 0 Å². The Balaban J connectivity index is 1.05. The normalized spacial score (nSPS) is 11.3. The van der Waals surface area contributed by atoms with Crippen LogP contribution in [0.25, 0.3) is 24.3 Å². The minimum Gasteiger partial charge on any atom is -0.494 e. The molecule has 0 amide bonds. The Bertz CT molecular complexity index is 2070. The Labute approximate surface area is 385 Å². The van der Waals surface area contributed by atoms with Crippen molar-refractivity contribution in [1.82, 2.24) is 5.16 Å². The second kappa shape index (κ2) is 28.5. The van der Waals surface area contributed by atoms with Crippen LogP contribution in [0.5, 0.6) is 34.5 Å². The fourth-order valence-electron chi connectivity index (χ4n) is 7.11. The van der Waals surface area contributed by atoms with E-state index < -0.39 is 11.9 Å². The van der Waals surface area contributed by atoms with Crippen LogP contribution in [0, 0.1) is 0 Å². The van der Waals surface area contributed by atoms with Gasteiger partial charge in [-0.15, -0.1) is 0 Å². The molecule has 1 aromatic heterocycles. The Kier molecular flexibility index (Phi) is 21.8. The molecule has 0 saturated carbocycles. The van der Waals surface area contributed by atoms with Gasteiger partial charge >= 0.3 is 11.9 Å². The molecule has 0 fully saturated rings. The number of esters is 2. The van der Waals surface area contributed by atoms with Crippen LogP contribution >= 0.6 is 0 Å². The molecule has 0 N–H and O–H groups in total. The number of carbonyl (C=O) groups is 2. The molecule has 4 aromatic carbocycles. The number of hydrogen-bond donors (Lipinski definition) is 0. The predicted molar refractivity (Wildman–Crippen MR) is 259 cm³/mol. The van der Waals surface area contributed by atoms with Crippen LogP contribution in [0.3, 0.4) is 0 Å². The highest BCUT2D eigenvalue weighted by Gasteiger charge is 2.15. The summed E-state index contributed by atoms with van der Waals surface area (Å²) in [4.78, 5) is 26.0. The number of methoxy groups -OCH3 is 2. The zero-order chi connectivity index (χ0) is 45.9. The molecule has 5 aromatic rings. The topological polar surface area (TPSA) is 116 Å². The van der Waals surface area contributed by atoms with E-state index in [4.69, 9.17) is 32.9 Å². The van der Waals surface area contributed by atoms with Gasteiger partial charge in [-0.1, -0.05) is 133 Å². The molecule has 0 unspecified atom stereocenters. The number of benzene rings is 4. The minimum atomic E-state index is -0.492. The first-order chi connectivity index (χ1) is 31.9. The molecular weight excluding hydrogens is 819 g/mol. The first-order valence-electron chi connectivity index (χ1n) is 23.5. The average Bonchev–Trinajstić information content (AvgIpc) is 3.80. The van der Waals surface area contributed by atoms with Gasteiger partial charge in [0.2, 0.25) is 0 Å². The van der Waals surface area contributed by atoms with Crippen LogP contribution in [0.2, 0.25) is 0 Å². The maximum Gasteiger partial charge on any atom is 0.343 e. The fraction of sp³-hybridized carbons (Fsp3) is 0.400. The number of nitrogens with zero attached hydrogens (tertiary/aromatic N) is 1. The van der Waals surface area contributed by atoms with Gasteiger partial charge in [-0.05, 0) is 109 Å². The van der Waals surface area contributed by atoms with E-state index in [1.807, 2.05) is 30.4 Å². The van der Waals surface area contributed by atoms with Crippen molar-refractivity contribution in [2.45, 2.75) is 117 Å². The molecule has 0 atom stereocenters. The molecule has 0 aliphatic carbocycles. The van der Waals surface area contributed by atoms with Crippen molar-refractivity contribution in [2.75, 3.05) is 27.4 Å². The quantitative estimate of drug-likeness (QED) is 0.0251. The summed E-state index contributed by atoms with van der Waals surface area (Å²) in [5.41, 5.74) is 3.04. The highest BCUT2D eigenvalue weighted by atomic mass is 16.6. The molecule has 65 heavy (non-hydrogen) atoms. The molecular formula is C55H67NO9. The summed E-state index contributed by atoms with van der Waals surface area (Å²) in [7, 11) is 3.05. The number of hydrogen-bond acceptors (Lipinski definition) is 10. The maximum absolute atomic E-state index is 13.0. The lowest BCUT2D eigenvalue weighted by Crippen LogP contribution is -2.09. The lowest BCUT2D eigenvalue weighted by atomic mass is 10.1. The molecule has 0 spiro atoms. The molecule has 0 radical (unpaired) electrons. The number of aromatic nitrogens is 1. The van der Waals surface area contributed by atoms with Crippen molar-refractivity contribution in [2.24, 2.45) is 0 Å². The van der Waals surface area contributed by atoms with E-state index in [1.165, 1.54) is 91.3 Å². The van der Waals surface area contributed by atoms with E-state index >= 15 is 0 Å². The monoisotopic (exact) mass is 885 g/mol. The number of rotatable bonds is 30. The van der Waals surface area contributed by atoms with Crippen LogP contribution in [0.15, 0.2) is 95.5 Å². The summed E-state index contributed by atoms with van der Waals surface area (Å²) < 4.78 is 39.8. The largest absolute Gasteiger partial charge is 0.494 e. The van der Waals surface area contributed by atoms with Crippen molar-refractivity contribution < 1.29 is 42.5 Å². The first kappa shape index (κ1) is 49.7. The van der Waals surface area contributed by atoms with Crippen molar-refractivity contribution >= 4 is 36.2 Å². The van der Waals surface area contributed by atoms with E-state index in [0.29, 0.717) is 58.8 Å². The zero-order valence-corrected chi connectivity index (χ0v) is 38.8. The average molecular weight is 886 g/mol. The van der Waals surface area contributed by atoms with E-state index in [0.717, 1.165) is 48.3 Å². The van der Waals surface area contributed by atoms with Gasteiger partial charge in [0.1, 0.15) is 17.2 Å². The summed E-state index contributed by atoms with van der Waals surface area (Å²) in [5.74, 6) is 2.44. The van der Waals surface area contributed by atoms with E-state index in [-0.39, 0.29) is 0 Å². The number of carbonyl (C=O) groups excluding carboxylic acids is 2. The van der Waals surface area contributed by atoms with E-state index in [1.54, 1.807) is 84.9 Å². The van der Waals surface area contributed by atoms with Crippen molar-refractivity contribution in [3.8, 4) is 34.5 Å². The standard InChI is InChI=1S/C55H67NO9/c1-5-7-9-11-13-15-17-19-37-61-47-31-25-44(26-32-47)54(57)63-50-35-23-42(39-52(50)59-3)21-29-46-41-49(65-56-46)30-22-43-24-36-51(53(40-43)60-4)64-55(58)45-27-33-48(34-28-45)62-38-20-18-16-14-12-10-8-6-2/h21-36,39-41H,5-20,37-38H2,1-4H3/b29-21-,30-22+. The Morgan fingerprint density at radius 1 is 0.477 bits per heavy atom. The molecule has 10 nitrogen and oxygen atoms in total. The van der Waals surface area contributed by atoms with E-state index in [2.05, 4.69) is 19.0 Å². The minimum absolute atomic E-state index is 0.305. The summed E-state index contributed by atoms with van der Waals surface area (Å²) in [5, 5.41) is 4.16. The van der Waals surface area contributed by atoms with Gasteiger partial charge < -0.3 is 32.9 Å². The van der Waals surface area contributed by atoms with Gasteiger partial charge in [0.25, 0.3) is 0 Å². The van der Waals surface area contributed by atoms with Gasteiger partial charge in [-0.3, -0.25) is 0 Å². The van der Waals surface area contributed by atoms with Crippen LogP contribution in [-0.2, 0) is 0 Å². The number of unbranched alkanes of at least 4 members (excludes halogenated alkanes) is 14. The third-order valence-electron chi connectivity index (χ3n) is 10.9. The molecule has 0 aliphatic heterocycles. The van der Waals surface area contributed by atoms with Gasteiger partial charge in [-0.25, -0.2) is 9.59 Å². The Hall–Kier alpha value is -6.29. The van der Waals surface area contributed by atoms with Crippen molar-refractivity contribution in [1.29, 1.82) is 0 Å². The number of ether oxygens (including phenoxy) is 6. The SMILES string of the molecule is CCCCCCCCCCOc1ccc(C(=O)Oc2ccc(/C=C\c3cc(/C=C/c4ccc(OC(=O)c5ccc(OCCCCCCCCCC)cc5)c(OC)c4)on3)cc2OC)cc1. The van der Waals surface area contributed by atoms with Crippen molar-refractivity contribution in [3.05, 3.63) is 125 Å².